The fourth-order valence-electron chi connectivity index (χ4n) is 3.57. The number of hydrogen-bond donors (Lipinski definition) is 2. The van der Waals surface area contributed by atoms with Crippen molar-refractivity contribution in [3.05, 3.63) is 24.3 Å². The number of rotatable bonds is 6. The van der Waals surface area contributed by atoms with E-state index in [-0.39, 0.29) is 0 Å². The van der Waals surface area contributed by atoms with Crippen molar-refractivity contribution in [3.63, 3.8) is 0 Å². The number of anilines is 1. The maximum absolute atomic E-state index is 12.6. The molecule has 0 spiro atoms. The lowest BCUT2D eigenvalue weighted by atomic mass is 10.2. The summed E-state index contributed by atoms with van der Waals surface area (Å²) in [6.45, 7) is 6.89. The van der Waals surface area contributed by atoms with Gasteiger partial charge in [0.15, 0.2) is 5.11 Å². The number of hydrogen-bond acceptors (Lipinski definition) is 5. The third kappa shape index (κ3) is 5.17. The molecule has 1 aromatic carbocycles. The molecule has 0 aliphatic carbocycles. The molecule has 2 saturated heterocycles. The summed E-state index contributed by atoms with van der Waals surface area (Å²) in [5, 5.41) is 6.96. The molecule has 2 heterocycles. The Bertz CT molecular complexity index is 733. The Hall–Kier alpha value is -1.26. The van der Waals surface area contributed by atoms with Gasteiger partial charge in [-0.25, -0.2) is 8.42 Å². The number of likely N-dealkylation sites (N-methyl/N-ethyl adjacent to an activating group) is 1. The second-order valence-electron chi connectivity index (χ2n) is 6.80. The quantitative estimate of drug-likeness (QED) is 0.686. The van der Waals surface area contributed by atoms with Gasteiger partial charge in [-0.15, -0.1) is 0 Å². The van der Waals surface area contributed by atoms with Crippen LogP contribution in [0.3, 0.4) is 0 Å². The van der Waals surface area contributed by atoms with Gasteiger partial charge in [0.2, 0.25) is 10.0 Å². The van der Waals surface area contributed by atoms with Crippen LogP contribution >= 0.6 is 12.2 Å². The van der Waals surface area contributed by atoms with Gasteiger partial charge < -0.3 is 15.4 Å². The number of morpholine rings is 1. The molecule has 9 heteroatoms. The molecule has 0 bridgehead atoms. The Kier molecular flexibility index (Phi) is 7.04. The van der Waals surface area contributed by atoms with Crippen LogP contribution in [0.5, 0.6) is 0 Å². The molecular weight excluding hydrogens is 384 g/mol. The number of ether oxygens (including phenoxy) is 1. The lowest BCUT2D eigenvalue weighted by Gasteiger charge is -2.26. The summed E-state index contributed by atoms with van der Waals surface area (Å²) in [4.78, 5) is 2.75. The maximum Gasteiger partial charge on any atom is 0.243 e. The lowest BCUT2D eigenvalue weighted by Crippen LogP contribution is -2.41. The number of benzene rings is 1. The molecule has 27 heavy (non-hydrogen) atoms. The Balaban J connectivity index is 1.53. The molecule has 3 rings (SSSR count). The zero-order valence-electron chi connectivity index (χ0n) is 15.7. The van der Waals surface area contributed by atoms with Crippen molar-refractivity contribution in [1.82, 2.24) is 14.5 Å². The van der Waals surface area contributed by atoms with Gasteiger partial charge >= 0.3 is 0 Å². The van der Waals surface area contributed by atoms with E-state index in [1.807, 2.05) is 0 Å². The topological polar surface area (TPSA) is 73.9 Å². The lowest BCUT2D eigenvalue weighted by molar-refractivity contribution is 0.0730. The third-order valence-electron chi connectivity index (χ3n) is 5.12. The molecule has 2 aliphatic heterocycles. The van der Waals surface area contributed by atoms with E-state index < -0.39 is 10.0 Å². The zero-order valence-corrected chi connectivity index (χ0v) is 17.3. The van der Waals surface area contributed by atoms with Gasteiger partial charge in [0.25, 0.3) is 0 Å². The van der Waals surface area contributed by atoms with E-state index in [4.69, 9.17) is 17.0 Å². The van der Waals surface area contributed by atoms with Crippen molar-refractivity contribution >= 4 is 33.0 Å². The first-order valence-electron chi connectivity index (χ1n) is 9.47. The summed E-state index contributed by atoms with van der Waals surface area (Å²) in [5.41, 5.74) is 0.771. The first kappa shape index (κ1) is 20.5. The van der Waals surface area contributed by atoms with Crippen molar-refractivity contribution in [2.45, 2.75) is 30.7 Å². The molecular formula is C18H28N4O3S2. The number of thiocarbonyl (C=S) groups is 1. The summed E-state index contributed by atoms with van der Waals surface area (Å²) in [7, 11) is -3.47. The molecule has 1 atom stereocenters. The van der Waals surface area contributed by atoms with Gasteiger partial charge in [-0.2, -0.15) is 4.31 Å². The van der Waals surface area contributed by atoms with Crippen molar-refractivity contribution in [3.8, 4) is 0 Å². The van der Waals surface area contributed by atoms with Gasteiger partial charge in [0.05, 0.1) is 18.1 Å². The number of nitrogens with zero attached hydrogens (tertiary/aromatic N) is 2. The zero-order chi connectivity index (χ0) is 19.3. The second kappa shape index (κ2) is 9.29. The summed E-state index contributed by atoms with van der Waals surface area (Å²) in [5.74, 6) is 0. The molecule has 2 aliphatic rings. The Morgan fingerprint density at radius 1 is 1.22 bits per heavy atom. The minimum atomic E-state index is -3.47. The van der Waals surface area contributed by atoms with Crippen molar-refractivity contribution in [2.24, 2.45) is 0 Å². The largest absolute Gasteiger partial charge is 0.379 e. The monoisotopic (exact) mass is 412 g/mol. The van der Waals surface area contributed by atoms with Crippen molar-refractivity contribution in [2.75, 3.05) is 51.3 Å². The number of likely N-dealkylation sites (tertiary alicyclic amines) is 1. The molecule has 150 valence electrons. The summed E-state index contributed by atoms with van der Waals surface area (Å²) in [6.07, 6.45) is 2.43. The SMILES string of the molecule is CCN1CCCC1CNC(=S)Nc1ccc(S(=O)(=O)N2CCOCC2)cc1. The second-order valence-corrected chi connectivity index (χ2v) is 9.15. The maximum atomic E-state index is 12.6. The van der Waals surface area contributed by atoms with E-state index >= 15 is 0 Å². The highest BCUT2D eigenvalue weighted by atomic mass is 32.2. The van der Waals surface area contributed by atoms with Crippen LogP contribution in [0, 0.1) is 0 Å². The van der Waals surface area contributed by atoms with Gasteiger partial charge in [-0.05, 0) is 62.4 Å². The highest BCUT2D eigenvalue weighted by molar-refractivity contribution is 7.89. The van der Waals surface area contributed by atoms with Crippen LogP contribution in [0.15, 0.2) is 29.2 Å². The first-order valence-corrected chi connectivity index (χ1v) is 11.3. The minimum Gasteiger partial charge on any atom is -0.379 e. The van der Waals surface area contributed by atoms with Crippen LogP contribution in [0.25, 0.3) is 0 Å². The molecule has 1 aromatic rings. The Morgan fingerprint density at radius 2 is 1.93 bits per heavy atom. The van der Waals surface area contributed by atoms with Gasteiger partial charge in [0.1, 0.15) is 0 Å². The average molecular weight is 413 g/mol. The average Bonchev–Trinajstić information content (AvgIpc) is 3.15. The molecule has 2 fully saturated rings. The van der Waals surface area contributed by atoms with Crippen LogP contribution in [0.1, 0.15) is 19.8 Å². The van der Waals surface area contributed by atoms with E-state index in [9.17, 15) is 8.42 Å². The molecule has 7 nitrogen and oxygen atoms in total. The minimum absolute atomic E-state index is 0.290. The van der Waals surface area contributed by atoms with Crippen LogP contribution < -0.4 is 10.6 Å². The Morgan fingerprint density at radius 3 is 2.59 bits per heavy atom. The fourth-order valence-corrected chi connectivity index (χ4v) is 5.18. The van der Waals surface area contributed by atoms with Gasteiger partial charge in [-0.1, -0.05) is 6.92 Å². The highest BCUT2D eigenvalue weighted by Crippen LogP contribution is 2.19. The van der Waals surface area contributed by atoms with Crippen LogP contribution in [-0.2, 0) is 14.8 Å². The number of sulfonamides is 1. The number of nitrogens with one attached hydrogen (secondary N) is 2. The molecule has 0 saturated carbocycles. The van der Waals surface area contributed by atoms with Gasteiger partial charge in [-0.3, -0.25) is 4.90 Å². The normalized spacial score (nSPS) is 21.9. The van der Waals surface area contributed by atoms with E-state index in [0.717, 1.165) is 25.3 Å². The van der Waals surface area contributed by atoms with Crippen LogP contribution in [-0.4, -0.2) is 74.7 Å². The van der Waals surface area contributed by atoms with Crippen molar-refractivity contribution in [1.29, 1.82) is 0 Å². The standard InChI is InChI=1S/C18H28N4O3S2/c1-2-21-9-3-4-16(21)14-19-18(26)20-15-5-7-17(8-6-15)27(23,24)22-10-12-25-13-11-22/h5-8,16H,2-4,9-14H2,1H3,(H2,19,20,26). The van der Waals surface area contributed by atoms with Crippen LogP contribution in [0.4, 0.5) is 5.69 Å². The van der Waals surface area contributed by atoms with E-state index in [1.165, 1.54) is 17.1 Å². The fraction of sp³-hybridized carbons (Fsp3) is 0.611. The van der Waals surface area contributed by atoms with E-state index in [2.05, 4.69) is 22.5 Å². The molecule has 0 aromatic heterocycles. The molecule has 2 N–H and O–H groups in total. The molecule has 0 amide bonds. The first-order chi connectivity index (χ1) is 13.0. The smallest absolute Gasteiger partial charge is 0.243 e. The summed E-state index contributed by atoms with van der Waals surface area (Å²) < 4.78 is 32.0. The summed E-state index contributed by atoms with van der Waals surface area (Å²) >= 11 is 5.37. The summed E-state index contributed by atoms with van der Waals surface area (Å²) in [6, 6.07) is 7.25. The molecule has 1 unspecified atom stereocenters. The predicted octanol–water partition coefficient (Wildman–Crippen LogP) is 1.48. The van der Waals surface area contributed by atoms with Crippen LogP contribution in [0.2, 0.25) is 0 Å². The van der Waals surface area contributed by atoms with E-state index in [0.29, 0.717) is 42.4 Å². The van der Waals surface area contributed by atoms with Gasteiger partial charge in [0, 0.05) is 31.4 Å². The molecule has 0 radical (unpaired) electrons. The Labute approximate surface area is 167 Å². The third-order valence-corrected chi connectivity index (χ3v) is 7.28. The predicted molar refractivity (Wildman–Crippen MR) is 111 cm³/mol. The van der Waals surface area contributed by atoms with E-state index in [1.54, 1.807) is 24.3 Å². The highest BCUT2D eigenvalue weighted by Gasteiger charge is 2.26. The van der Waals surface area contributed by atoms with Crippen molar-refractivity contribution < 1.29 is 13.2 Å².